The third-order valence-corrected chi connectivity index (χ3v) is 4.66. The van der Waals surface area contributed by atoms with Crippen LogP contribution in [-0.2, 0) is 16.6 Å². The molecule has 0 saturated heterocycles. The molecule has 9 heteroatoms. The highest BCUT2D eigenvalue weighted by Gasteiger charge is 2.07. The van der Waals surface area contributed by atoms with Crippen molar-refractivity contribution in [2.45, 2.75) is 11.4 Å². The minimum atomic E-state index is -3.71. The Hall–Kier alpha value is -2.75. The monoisotopic (exact) mass is 387 g/mol. The Morgan fingerprint density at radius 1 is 1.08 bits per heavy atom. The smallest absolute Gasteiger partial charge is 0.238 e. The molecule has 26 heavy (non-hydrogen) atoms. The number of thiocarbonyl (C=S) groups is 1. The molecular formula is C17H17N5O2S2. The van der Waals surface area contributed by atoms with Crippen LogP contribution < -0.4 is 15.8 Å². The van der Waals surface area contributed by atoms with E-state index < -0.39 is 10.0 Å². The van der Waals surface area contributed by atoms with Crippen LogP contribution in [0.3, 0.4) is 0 Å². The summed E-state index contributed by atoms with van der Waals surface area (Å²) in [5.74, 6) is 0. The Labute approximate surface area is 156 Å². The minimum Gasteiger partial charge on any atom is -0.332 e. The zero-order valence-corrected chi connectivity index (χ0v) is 15.3. The van der Waals surface area contributed by atoms with Gasteiger partial charge in [-0.25, -0.2) is 13.6 Å². The van der Waals surface area contributed by atoms with Crippen LogP contribution in [0.15, 0.2) is 71.9 Å². The van der Waals surface area contributed by atoms with Crippen LogP contribution >= 0.6 is 12.2 Å². The maximum absolute atomic E-state index is 11.3. The minimum absolute atomic E-state index is 0.0493. The first kappa shape index (κ1) is 18.1. The van der Waals surface area contributed by atoms with E-state index in [0.717, 1.165) is 11.3 Å². The molecule has 7 nitrogen and oxygen atoms in total. The standard InChI is InChI=1S/C17H17N5O2S2/c18-26(23,24)16-7-5-14(6-8-16)20-17(25)21-15-4-1-3-13(11-15)12-22-10-2-9-19-22/h1-11H,12H2,(H2,18,23,24)(H2,20,21,25). The van der Waals surface area contributed by atoms with Gasteiger partial charge in [0.1, 0.15) is 0 Å². The summed E-state index contributed by atoms with van der Waals surface area (Å²) in [6.45, 7) is 0.664. The molecule has 0 amide bonds. The van der Waals surface area contributed by atoms with E-state index in [1.54, 1.807) is 18.3 Å². The topological polar surface area (TPSA) is 102 Å². The highest BCUT2D eigenvalue weighted by atomic mass is 32.2. The Kier molecular flexibility index (Phi) is 5.31. The van der Waals surface area contributed by atoms with Crippen LogP contribution in [-0.4, -0.2) is 23.3 Å². The zero-order valence-electron chi connectivity index (χ0n) is 13.7. The van der Waals surface area contributed by atoms with Crippen molar-refractivity contribution in [2.24, 2.45) is 5.14 Å². The summed E-state index contributed by atoms with van der Waals surface area (Å²) in [6, 6.07) is 15.8. The normalized spacial score (nSPS) is 11.1. The lowest BCUT2D eigenvalue weighted by molar-refractivity contribution is 0.598. The summed E-state index contributed by atoms with van der Waals surface area (Å²) < 4.78 is 24.4. The van der Waals surface area contributed by atoms with E-state index in [-0.39, 0.29) is 4.90 Å². The molecule has 0 bridgehead atoms. The largest absolute Gasteiger partial charge is 0.332 e. The lowest BCUT2D eigenvalue weighted by Crippen LogP contribution is -2.19. The molecule has 2 aromatic carbocycles. The summed E-state index contributed by atoms with van der Waals surface area (Å²) in [5, 5.41) is 15.8. The highest BCUT2D eigenvalue weighted by Crippen LogP contribution is 2.15. The third-order valence-electron chi connectivity index (χ3n) is 3.53. The molecule has 0 saturated carbocycles. The second-order valence-electron chi connectivity index (χ2n) is 5.55. The van der Waals surface area contributed by atoms with Gasteiger partial charge in [0.15, 0.2) is 5.11 Å². The Balaban J connectivity index is 1.63. The summed E-state index contributed by atoms with van der Waals surface area (Å²) >= 11 is 5.30. The van der Waals surface area contributed by atoms with Crippen LogP contribution in [0.5, 0.6) is 0 Å². The van der Waals surface area contributed by atoms with Gasteiger partial charge in [-0.05, 0) is 60.2 Å². The fourth-order valence-corrected chi connectivity index (χ4v) is 3.10. The van der Waals surface area contributed by atoms with Crippen molar-refractivity contribution in [3.8, 4) is 0 Å². The molecule has 4 N–H and O–H groups in total. The second-order valence-corrected chi connectivity index (χ2v) is 7.52. The van der Waals surface area contributed by atoms with E-state index in [4.69, 9.17) is 17.4 Å². The molecule has 134 valence electrons. The van der Waals surface area contributed by atoms with Crippen molar-refractivity contribution in [2.75, 3.05) is 10.6 Å². The first-order chi connectivity index (χ1) is 12.4. The molecule has 1 heterocycles. The van der Waals surface area contributed by atoms with Gasteiger partial charge in [-0.15, -0.1) is 0 Å². The predicted molar refractivity (Wildman–Crippen MR) is 105 cm³/mol. The zero-order chi connectivity index (χ0) is 18.6. The lowest BCUT2D eigenvalue weighted by Gasteiger charge is -2.12. The first-order valence-corrected chi connectivity index (χ1v) is 9.63. The molecular weight excluding hydrogens is 370 g/mol. The number of aromatic nitrogens is 2. The van der Waals surface area contributed by atoms with E-state index in [0.29, 0.717) is 17.3 Å². The van der Waals surface area contributed by atoms with Crippen LogP contribution in [0.4, 0.5) is 11.4 Å². The number of hydrogen-bond acceptors (Lipinski definition) is 4. The molecule has 0 aliphatic heterocycles. The number of sulfonamides is 1. The van der Waals surface area contributed by atoms with E-state index in [1.807, 2.05) is 41.2 Å². The summed E-state index contributed by atoms with van der Waals surface area (Å²) in [4.78, 5) is 0.0493. The molecule has 3 rings (SSSR count). The SMILES string of the molecule is NS(=O)(=O)c1ccc(NC(=S)Nc2cccc(Cn3cccn3)c2)cc1. The molecule has 0 unspecified atom stereocenters. The summed E-state index contributed by atoms with van der Waals surface area (Å²) in [5.41, 5.74) is 2.58. The first-order valence-electron chi connectivity index (χ1n) is 7.67. The van der Waals surface area contributed by atoms with Gasteiger partial charge in [-0.1, -0.05) is 12.1 Å². The fourth-order valence-electron chi connectivity index (χ4n) is 2.35. The van der Waals surface area contributed by atoms with Crippen LogP contribution in [0.1, 0.15) is 5.56 Å². The number of nitrogens with two attached hydrogens (primary N) is 1. The summed E-state index contributed by atoms with van der Waals surface area (Å²) in [7, 11) is -3.71. The van der Waals surface area contributed by atoms with E-state index >= 15 is 0 Å². The lowest BCUT2D eigenvalue weighted by atomic mass is 10.2. The van der Waals surface area contributed by atoms with Crippen LogP contribution in [0, 0.1) is 0 Å². The molecule has 0 atom stereocenters. The summed E-state index contributed by atoms with van der Waals surface area (Å²) in [6.07, 6.45) is 3.64. The van der Waals surface area contributed by atoms with E-state index in [1.165, 1.54) is 12.1 Å². The van der Waals surface area contributed by atoms with Crippen molar-refractivity contribution in [3.05, 3.63) is 72.6 Å². The Morgan fingerprint density at radius 3 is 2.46 bits per heavy atom. The van der Waals surface area contributed by atoms with Crippen LogP contribution in [0.25, 0.3) is 0 Å². The van der Waals surface area contributed by atoms with Crippen molar-refractivity contribution in [3.63, 3.8) is 0 Å². The van der Waals surface area contributed by atoms with Gasteiger partial charge in [0.05, 0.1) is 11.4 Å². The second kappa shape index (κ2) is 7.65. The molecule has 0 radical (unpaired) electrons. The van der Waals surface area contributed by atoms with Crippen molar-refractivity contribution < 1.29 is 8.42 Å². The molecule has 0 aliphatic carbocycles. The molecule has 0 fully saturated rings. The average Bonchev–Trinajstić information content (AvgIpc) is 3.07. The van der Waals surface area contributed by atoms with Gasteiger partial charge in [0.25, 0.3) is 0 Å². The molecule has 3 aromatic rings. The Bertz CT molecular complexity index is 1000. The maximum Gasteiger partial charge on any atom is 0.238 e. The van der Waals surface area contributed by atoms with Gasteiger partial charge < -0.3 is 10.6 Å². The van der Waals surface area contributed by atoms with E-state index in [9.17, 15) is 8.42 Å². The number of nitrogens with zero attached hydrogens (tertiary/aromatic N) is 2. The number of anilines is 2. The van der Waals surface area contributed by atoms with Crippen molar-refractivity contribution in [1.82, 2.24) is 9.78 Å². The number of nitrogens with one attached hydrogen (secondary N) is 2. The maximum atomic E-state index is 11.3. The van der Waals surface area contributed by atoms with Gasteiger partial charge in [-0.2, -0.15) is 5.10 Å². The van der Waals surface area contributed by atoms with Gasteiger partial charge >= 0.3 is 0 Å². The number of benzene rings is 2. The predicted octanol–water partition coefficient (Wildman–Crippen LogP) is 2.39. The van der Waals surface area contributed by atoms with Crippen molar-refractivity contribution in [1.29, 1.82) is 0 Å². The fraction of sp³-hybridized carbons (Fsp3) is 0.0588. The molecule has 0 aliphatic rings. The van der Waals surface area contributed by atoms with Gasteiger partial charge in [0.2, 0.25) is 10.0 Å². The third kappa shape index (κ3) is 4.88. The van der Waals surface area contributed by atoms with Gasteiger partial charge in [0, 0.05) is 23.8 Å². The van der Waals surface area contributed by atoms with E-state index in [2.05, 4.69) is 15.7 Å². The molecule has 1 aromatic heterocycles. The highest BCUT2D eigenvalue weighted by molar-refractivity contribution is 7.89. The molecule has 0 spiro atoms. The van der Waals surface area contributed by atoms with Gasteiger partial charge in [-0.3, -0.25) is 4.68 Å². The van der Waals surface area contributed by atoms with Crippen molar-refractivity contribution >= 4 is 38.7 Å². The average molecular weight is 387 g/mol. The number of primary sulfonamides is 1. The quantitative estimate of drug-likeness (QED) is 0.581. The number of hydrogen-bond donors (Lipinski definition) is 3. The van der Waals surface area contributed by atoms with Crippen LogP contribution in [0.2, 0.25) is 0 Å². The number of rotatable bonds is 5. The Morgan fingerprint density at radius 2 is 1.81 bits per heavy atom.